The van der Waals surface area contributed by atoms with Crippen LogP contribution in [0.1, 0.15) is 47.1 Å². The van der Waals surface area contributed by atoms with E-state index in [0.29, 0.717) is 16.7 Å². The third-order valence-electron chi connectivity index (χ3n) is 6.03. The van der Waals surface area contributed by atoms with Gasteiger partial charge in [-0.25, -0.2) is 4.79 Å². The lowest BCUT2D eigenvalue weighted by Gasteiger charge is -2.14. The minimum atomic E-state index is -0.484. The van der Waals surface area contributed by atoms with Gasteiger partial charge in [0.05, 0.1) is 23.6 Å². The van der Waals surface area contributed by atoms with Gasteiger partial charge in [-0.15, -0.1) is 0 Å². The van der Waals surface area contributed by atoms with Gasteiger partial charge in [-0.05, 0) is 75.9 Å². The van der Waals surface area contributed by atoms with Gasteiger partial charge in [0.15, 0.2) is 0 Å². The summed E-state index contributed by atoms with van der Waals surface area (Å²) < 4.78 is 17.0. The van der Waals surface area contributed by atoms with Crippen LogP contribution in [0.2, 0.25) is 0 Å². The van der Waals surface area contributed by atoms with Crippen molar-refractivity contribution < 1.29 is 18.0 Å². The van der Waals surface area contributed by atoms with Crippen LogP contribution in [0.4, 0.5) is 0 Å². The Labute approximate surface area is 180 Å². The van der Waals surface area contributed by atoms with E-state index in [1.54, 1.807) is 6.26 Å². The molecule has 4 rings (SSSR count). The topological polar surface area (TPSA) is 85.6 Å². The highest BCUT2D eigenvalue weighted by atomic mass is 16.4. The van der Waals surface area contributed by atoms with Crippen LogP contribution in [0, 0.1) is 27.7 Å². The summed E-state index contributed by atoms with van der Waals surface area (Å²) in [5, 5.41) is 4.75. The van der Waals surface area contributed by atoms with E-state index in [1.165, 1.54) is 0 Å². The molecule has 0 fully saturated rings. The van der Waals surface area contributed by atoms with E-state index in [1.807, 2.05) is 52.8 Å². The molecular weight excluding hydrogens is 394 g/mol. The molecule has 0 saturated heterocycles. The molecule has 1 aromatic carbocycles. The quantitative estimate of drug-likeness (QED) is 0.441. The van der Waals surface area contributed by atoms with Crippen LogP contribution >= 0.6 is 0 Å². The zero-order chi connectivity index (χ0) is 22.3. The fourth-order valence-electron chi connectivity index (χ4n) is 4.21. The molecule has 0 unspecified atom stereocenters. The van der Waals surface area contributed by atoms with E-state index in [9.17, 15) is 9.59 Å². The van der Waals surface area contributed by atoms with Crippen LogP contribution in [0.5, 0.6) is 0 Å². The number of aryl methyl sites for hydroxylation is 5. The first-order valence-electron chi connectivity index (χ1n) is 10.5. The highest BCUT2D eigenvalue weighted by Gasteiger charge is 2.21. The minimum Gasteiger partial charge on any atom is -0.469 e. The van der Waals surface area contributed by atoms with Crippen molar-refractivity contribution in [1.29, 1.82) is 0 Å². The molecule has 1 atom stereocenters. The number of amides is 1. The van der Waals surface area contributed by atoms with Crippen molar-refractivity contribution in [2.24, 2.45) is 0 Å². The number of fused-ring (bicyclic) bond motifs is 3. The van der Waals surface area contributed by atoms with Crippen LogP contribution in [-0.4, -0.2) is 11.9 Å². The molecule has 0 aliphatic heterocycles. The number of nitrogens with one attached hydrogen (secondary N) is 1. The smallest absolute Gasteiger partial charge is 0.340 e. The third kappa shape index (κ3) is 3.90. The van der Waals surface area contributed by atoms with Crippen molar-refractivity contribution >= 4 is 27.8 Å². The van der Waals surface area contributed by atoms with Crippen LogP contribution in [0.25, 0.3) is 21.9 Å². The fraction of sp³-hybridized carbons (Fsp3) is 0.360. The van der Waals surface area contributed by atoms with Crippen molar-refractivity contribution in [1.82, 2.24) is 5.32 Å². The summed E-state index contributed by atoms with van der Waals surface area (Å²) in [6.45, 7) is 9.71. The van der Waals surface area contributed by atoms with Crippen molar-refractivity contribution in [3.05, 3.63) is 68.7 Å². The lowest BCUT2D eigenvalue weighted by atomic mass is 9.98. The van der Waals surface area contributed by atoms with Crippen LogP contribution < -0.4 is 10.9 Å². The van der Waals surface area contributed by atoms with E-state index < -0.39 is 5.63 Å². The van der Waals surface area contributed by atoms with E-state index in [0.717, 1.165) is 51.8 Å². The first-order chi connectivity index (χ1) is 14.8. The molecule has 6 nitrogen and oxygen atoms in total. The van der Waals surface area contributed by atoms with Gasteiger partial charge in [0.25, 0.3) is 0 Å². The Kier molecular flexibility index (Phi) is 5.48. The number of carbonyl (C=O) groups is 1. The molecule has 162 valence electrons. The molecule has 0 spiro atoms. The maximum atomic E-state index is 12.7. The lowest BCUT2D eigenvalue weighted by Crippen LogP contribution is -2.35. The van der Waals surface area contributed by atoms with Crippen molar-refractivity contribution in [2.75, 3.05) is 0 Å². The second-order valence-corrected chi connectivity index (χ2v) is 8.31. The number of hydrogen-bond acceptors (Lipinski definition) is 5. The average Bonchev–Trinajstić information content (AvgIpc) is 3.32. The fourth-order valence-corrected chi connectivity index (χ4v) is 4.21. The molecule has 6 heteroatoms. The largest absolute Gasteiger partial charge is 0.469 e. The third-order valence-corrected chi connectivity index (χ3v) is 6.03. The van der Waals surface area contributed by atoms with Gasteiger partial charge in [-0.3, -0.25) is 4.79 Å². The monoisotopic (exact) mass is 421 g/mol. The molecule has 0 bridgehead atoms. The van der Waals surface area contributed by atoms with Gasteiger partial charge in [0, 0.05) is 17.8 Å². The number of rotatable bonds is 6. The van der Waals surface area contributed by atoms with E-state index in [-0.39, 0.29) is 18.4 Å². The molecule has 1 amide bonds. The average molecular weight is 421 g/mol. The van der Waals surface area contributed by atoms with Crippen LogP contribution in [0.3, 0.4) is 0 Å². The van der Waals surface area contributed by atoms with Gasteiger partial charge in [0.1, 0.15) is 22.7 Å². The molecule has 0 saturated carbocycles. The second-order valence-electron chi connectivity index (χ2n) is 8.31. The van der Waals surface area contributed by atoms with Crippen molar-refractivity contribution in [2.45, 2.75) is 59.9 Å². The van der Waals surface area contributed by atoms with E-state index >= 15 is 0 Å². The van der Waals surface area contributed by atoms with Crippen molar-refractivity contribution in [3.63, 3.8) is 0 Å². The molecule has 3 heterocycles. The summed E-state index contributed by atoms with van der Waals surface area (Å²) in [5.41, 5.74) is 3.86. The predicted molar refractivity (Wildman–Crippen MR) is 120 cm³/mol. The minimum absolute atomic E-state index is 0.0385. The molecule has 0 aliphatic carbocycles. The molecule has 4 aromatic rings. The maximum absolute atomic E-state index is 12.7. The summed E-state index contributed by atoms with van der Waals surface area (Å²) in [6, 6.07) is 5.59. The second kappa shape index (κ2) is 8.10. The molecule has 1 N–H and O–H groups in total. The van der Waals surface area contributed by atoms with Gasteiger partial charge in [0.2, 0.25) is 5.91 Å². The maximum Gasteiger partial charge on any atom is 0.340 e. The Hall–Kier alpha value is -3.28. The van der Waals surface area contributed by atoms with Gasteiger partial charge in [-0.2, -0.15) is 0 Å². The standard InChI is InChI=1S/C25H27NO5/c1-13-11-20-23(24-22(13)15(3)17(5)30-24)16(4)19(25(28)31-20)12-21(27)26-14(2)8-9-18-7-6-10-29-18/h6-7,10-11,14H,8-9,12H2,1-5H3,(H,26,27)/t14-/m1/s1. The zero-order valence-electron chi connectivity index (χ0n) is 18.5. The number of carbonyl (C=O) groups excluding carboxylic acids is 1. The van der Waals surface area contributed by atoms with Gasteiger partial charge >= 0.3 is 5.63 Å². The molecule has 0 radical (unpaired) electrons. The number of hydrogen-bond donors (Lipinski definition) is 1. The summed E-state index contributed by atoms with van der Waals surface area (Å²) in [5.74, 6) is 1.51. The highest BCUT2D eigenvalue weighted by molar-refractivity contribution is 6.07. The lowest BCUT2D eigenvalue weighted by molar-refractivity contribution is -0.121. The number of furan rings is 2. The molecule has 3 aromatic heterocycles. The Balaban J connectivity index is 1.62. The van der Waals surface area contributed by atoms with Gasteiger partial charge in [-0.1, -0.05) is 0 Å². The summed E-state index contributed by atoms with van der Waals surface area (Å²) in [7, 11) is 0. The molecular formula is C25H27NO5. The summed E-state index contributed by atoms with van der Waals surface area (Å²) >= 11 is 0. The van der Waals surface area contributed by atoms with E-state index in [4.69, 9.17) is 13.3 Å². The van der Waals surface area contributed by atoms with Gasteiger partial charge < -0.3 is 18.6 Å². The Morgan fingerprint density at radius 2 is 1.87 bits per heavy atom. The van der Waals surface area contributed by atoms with Crippen molar-refractivity contribution in [3.8, 4) is 0 Å². The molecule has 31 heavy (non-hydrogen) atoms. The Morgan fingerprint density at radius 1 is 1.10 bits per heavy atom. The zero-order valence-corrected chi connectivity index (χ0v) is 18.5. The normalized spacial score (nSPS) is 12.5. The first-order valence-corrected chi connectivity index (χ1v) is 10.5. The van der Waals surface area contributed by atoms with E-state index in [2.05, 4.69) is 5.32 Å². The summed E-state index contributed by atoms with van der Waals surface area (Å²) in [6.07, 6.45) is 3.08. The SMILES string of the molecule is Cc1oc2c(c(C)cc3oc(=O)c(CC(=O)N[C@H](C)CCc4ccco4)c(C)c32)c1C. The Morgan fingerprint density at radius 3 is 2.58 bits per heavy atom. The number of benzene rings is 1. The van der Waals surface area contributed by atoms with Crippen LogP contribution in [-0.2, 0) is 17.6 Å². The first kappa shape index (κ1) is 21.0. The highest BCUT2D eigenvalue weighted by Crippen LogP contribution is 2.36. The Bertz CT molecular complexity index is 1320. The predicted octanol–water partition coefficient (Wildman–Crippen LogP) is 5.05. The van der Waals surface area contributed by atoms with Crippen LogP contribution in [0.15, 0.2) is 42.5 Å². The molecule has 0 aliphatic rings. The summed E-state index contributed by atoms with van der Waals surface area (Å²) in [4.78, 5) is 25.3.